The van der Waals surface area contributed by atoms with Crippen LogP contribution in [-0.2, 0) is 11.3 Å². The maximum absolute atomic E-state index is 11.8. The number of rotatable bonds is 3. The fourth-order valence-electron chi connectivity index (χ4n) is 1.62. The second kappa shape index (κ2) is 4.81. The van der Waals surface area contributed by atoms with Gasteiger partial charge < -0.3 is 9.88 Å². The largest absolute Gasteiger partial charge is 0.344 e. The Morgan fingerprint density at radius 1 is 1.56 bits per heavy atom. The van der Waals surface area contributed by atoms with Crippen LogP contribution in [0.4, 0.5) is 0 Å². The van der Waals surface area contributed by atoms with Crippen molar-refractivity contribution < 1.29 is 4.79 Å². The van der Waals surface area contributed by atoms with E-state index >= 15 is 0 Å². The molecule has 2 aromatic heterocycles. The summed E-state index contributed by atoms with van der Waals surface area (Å²) < 4.78 is 1.47. The lowest BCUT2D eigenvalue weighted by molar-refractivity contribution is -0.127. The van der Waals surface area contributed by atoms with Gasteiger partial charge in [0.2, 0.25) is 5.91 Å². The van der Waals surface area contributed by atoms with E-state index in [1.807, 2.05) is 0 Å². The molecule has 2 aromatic rings. The zero-order chi connectivity index (χ0) is 13.3. The van der Waals surface area contributed by atoms with Crippen molar-refractivity contribution in [3.63, 3.8) is 0 Å². The summed E-state index contributed by atoms with van der Waals surface area (Å²) in [6, 6.07) is 3.32. The number of hydrogen-bond acceptors (Lipinski definition) is 3. The molecule has 0 unspecified atom stereocenters. The van der Waals surface area contributed by atoms with Crippen molar-refractivity contribution in [3.05, 3.63) is 27.8 Å². The summed E-state index contributed by atoms with van der Waals surface area (Å²) in [4.78, 5) is 31.2. The van der Waals surface area contributed by atoms with Gasteiger partial charge in [-0.25, -0.2) is 9.78 Å². The highest BCUT2D eigenvalue weighted by Gasteiger charge is 2.10. The molecule has 0 fully saturated rings. The molecule has 0 bridgehead atoms. The molecular formula is C11H13ClN4O2. The number of likely N-dealkylation sites (N-methyl/N-ethyl adjacent to an activating group) is 1. The van der Waals surface area contributed by atoms with Crippen LogP contribution in [0.25, 0.3) is 11.2 Å². The van der Waals surface area contributed by atoms with Gasteiger partial charge in [-0.15, -0.1) is 0 Å². The topological polar surface area (TPSA) is 71.0 Å². The molecule has 18 heavy (non-hydrogen) atoms. The molecule has 0 radical (unpaired) electrons. The number of aromatic nitrogens is 3. The molecule has 0 aliphatic heterocycles. The number of amides is 1. The molecule has 1 N–H and O–H groups in total. The number of H-pyrrole nitrogens is 1. The van der Waals surface area contributed by atoms with E-state index in [-0.39, 0.29) is 11.6 Å². The van der Waals surface area contributed by atoms with E-state index < -0.39 is 0 Å². The second-order valence-electron chi connectivity index (χ2n) is 4.03. The SMILES string of the molecule is CC(=O)N(C)CCn1c(=O)[nH]c2ccc(Cl)nc21. The van der Waals surface area contributed by atoms with Crippen molar-refractivity contribution in [2.24, 2.45) is 0 Å². The van der Waals surface area contributed by atoms with Crippen LogP contribution in [0, 0.1) is 0 Å². The molecule has 0 aliphatic carbocycles. The van der Waals surface area contributed by atoms with E-state index in [9.17, 15) is 9.59 Å². The minimum Gasteiger partial charge on any atom is -0.344 e. The van der Waals surface area contributed by atoms with Crippen LogP contribution in [0.15, 0.2) is 16.9 Å². The summed E-state index contributed by atoms with van der Waals surface area (Å²) >= 11 is 5.81. The van der Waals surface area contributed by atoms with Gasteiger partial charge in [0.1, 0.15) is 5.15 Å². The molecule has 0 spiro atoms. The van der Waals surface area contributed by atoms with E-state index in [1.54, 1.807) is 19.2 Å². The quantitative estimate of drug-likeness (QED) is 0.839. The Bertz CT molecular complexity index is 646. The van der Waals surface area contributed by atoms with Crippen LogP contribution < -0.4 is 5.69 Å². The van der Waals surface area contributed by atoms with Crippen molar-refractivity contribution in [1.29, 1.82) is 0 Å². The maximum Gasteiger partial charge on any atom is 0.327 e. The molecule has 0 aromatic carbocycles. The standard InChI is InChI=1S/C11H13ClN4O2/c1-7(17)15(2)5-6-16-10-8(13-11(16)18)3-4-9(12)14-10/h3-4H,5-6H2,1-2H3,(H,13,18). The zero-order valence-corrected chi connectivity index (χ0v) is 10.9. The third-order valence-electron chi connectivity index (χ3n) is 2.78. The number of hydrogen-bond donors (Lipinski definition) is 1. The summed E-state index contributed by atoms with van der Waals surface area (Å²) in [5, 5.41) is 0.329. The van der Waals surface area contributed by atoms with Gasteiger partial charge in [-0.3, -0.25) is 9.36 Å². The first-order valence-corrected chi connectivity index (χ1v) is 5.83. The Kier molecular flexibility index (Phi) is 3.38. The summed E-state index contributed by atoms with van der Waals surface area (Å²) in [5.41, 5.74) is 0.885. The van der Waals surface area contributed by atoms with Gasteiger partial charge in [-0.1, -0.05) is 11.6 Å². The van der Waals surface area contributed by atoms with Crippen LogP contribution in [0.3, 0.4) is 0 Å². The molecule has 0 saturated heterocycles. The monoisotopic (exact) mass is 268 g/mol. The fraction of sp³-hybridized carbons (Fsp3) is 0.364. The van der Waals surface area contributed by atoms with Crippen molar-refractivity contribution in [2.75, 3.05) is 13.6 Å². The highest BCUT2D eigenvalue weighted by atomic mass is 35.5. The molecule has 6 nitrogen and oxygen atoms in total. The first kappa shape index (κ1) is 12.6. The Morgan fingerprint density at radius 2 is 2.28 bits per heavy atom. The van der Waals surface area contributed by atoms with E-state index in [4.69, 9.17) is 11.6 Å². The minimum atomic E-state index is -0.253. The van der Waals surface area contributed by atoms with Gasteiger partial charge in [-0.05, 0) is 12.1 Å². The van der Waals surface area contributed by atoms with E-state index in [0.29, 0.717) is 29.4 Å². The smallest absolute Gasteiger partial charge is 0.327 e. The Hall–Kier alpha value is -1.82. The number of carbonyl (C=O) groups excluding carboxylic acids is 1. The van der Waals surface area contributed by atoms with Crippen LogP contribution in [0.2, 0.25) is 5.15 Å². The second-order valence-corrected chi connectivity index (χ2v) is 4.41. The first-order valence-electron chi connectivity index (χ1n) is 5.46. The molecule has 7 heteroatoms. The molecule has 96 valence electrons. The van der Waals surface area contributed by atoms with E-state index in [2.05, 4.69) is 9.97 Å². The molecule has 2 rings (SSSR count). The highest BCUT2D eigenvalue weighted by molar-refractivity contribution is 6.29. The molecule has 0 saturated carbocycles. The van der Waals surface area contributed by atoms with E-state index in [0.717, 1.165) is 0 Å². The number of imidazole rings is 1. The van der Waals surface area contributed by atoms with Crippen LogP contribution >= 0.6 is 11.6 Å². The Morgan fingerprint density at radius 3 is 2.94 bits per heavy atom. The van der Waals surface area contributed by atoms with Crippen molar-refractivity contribution in [2.45, 2.75) is 13.5 Å². The summed E-state index contributed by atoms with van der Waals surface area (Å²) in [6.07, 6.45) is 0. The van der Waals surface area contributed by atoms with Crippen LogP contribution in [0.1, 0.15) is 6.92 Å². The average Bonchev–Trinajstić information content (AvgIpc) is 2.61. The molecule has 2 heterocycles. The van der Waals surface area contributed by atoms with Crippen molar-refractivity contribution >= 4 is 28.7 Å². The van der Waals surface area contributed by atoms with Gasteiger partial charge in [0.25, 0.3) is 0 Å². The normalized spacial score (nSPS) is 10.8. The van der Waals surface area contributed by atoms with Crippen molar-refractivity contribution in [3.8, 4) is 0 Å². The number of nitrogens with one attached hydrogen (secondary N) is 1. The third-order valence-corrected chi connectivity index (χ3v) is 2.99. The summed E-state index contributed by atoms with van der Waals surface area (Å²) in [6.45, 7) is 2.30. The summed E-state index contributed by atoms with van der Waals surface area (Å²) in [7, 11) is 1.68. The maximum atomic E-state index is 11.8. The predicted molar refractivity (Wildman–Crippen MR) is 68.7 cm³/mol. The van der Waals surface area contributed by atoms with Gasteiger partial charge in [-0.2, -0.15) is 0 Å². The number of aromatic amines is 1. The molecule has 0 aliphatic rings. The predicted octanol–water partition coefficient (Wildman–Crippen LogP) is 0.856. The third kappa shape index (κ3) is 2.38. The average molecular weight is 269 g/mol. The lowest BCUT2D eigenvalue weighted by Gasteiger charge is -2.14. The van der Waals surface area contributed by atoms with Gasteiger partial charge in [0, 0.05) is 27.1 Å². The Labute approximate surface area is 108 Å². The zero-order valence-electron chi connectivity index (χ0n) is 10.1. The van der Waals surface area contributed by atoms with E-state index in [1.165, 1.54) is 16.4 Å². The number of nitrogens with zero attached hydrogens (tertiary/aromatic N) is 3. The molecule has 1 amide bonds. The minimum absolute atomic E-state index is 0.0473. The lowest BCUT2D eigenvalue weighted by atomic mass is 10.4. The van der Waals surface area contributed by atoms with Gasteiger partial charge >= 0.3 is 5.69 Å². The molecular weight excluding hydrogens is 256 g/mol. The summed E-state index contributed by atoms with van der Waals surface area (Å²) in [5.74, 6) is -0.0473. The van der Waals surface area contributed by atoms with Crippen LogP contribution in [0.5, 0.6) is 0 Å². The number of carbonyl (C=O) groups is 1. The van der Waals surface area contributed by atoms with Gasteiger partial charge in [0.15, 0.2) is 5.65 Å². The number of fused-ring (bicyclic) bond motifs is 1. The number of halogens is 1. The van der Waals surface area contributed by atoms with Gasteiger partial charge in [0.05, 0.1) is 5.52 Å². The highest BCUT2D eigenvalue weighted by Crippen LogP contribution is 2.11. The number of pyridine rings is 1. The van der Waals surface area contributed by atoms with Crippen LogP contribution in [-0.4, -0.2) is 38.9 Å². The van der Waals surface area contributed by atoms with Crippen molar-refractivity contribution in [1.82, 2.24) is 19.4 Å². The first-order chi connectivity index (χ1) is 8.49. The lowest BCUT2D eigenvalue weighted by Crippen LogP contribution is -2.30. The fourth-order valence-corrected chi connectivity index (χ4v) is 1.77. The Balaban J connectivity index is 2.32. The molecule has 0 atom stereocenters.